The van der Waals surface area contributed by atoms with E-state index >= 15 is 0 Å². The summed E-state index contributed by atoms with van der Waals surface area (Å²) in [5.41, 5.74) is 2.75. The van der Waals surface area contributed by atoms with Crippen molar-refractivity contribution in [1.29, 1.82) is 0 Å². The molecule has 0 saturated heterocycles. The predicted octanol–water partition coefficient (Wildman–Crippen LogP) is 4.83. The molecule has 0 aromatic heterocycles. The summed E-state index contributed by atoms with van der Waals surface area (Å²) >= 11 is 16.8. The van der Waals surface area contributed by atoms with Crippen molar-refractivity contribution in [2.24, 2.45) is 0 Å². The summed E-state index contributed by atoms with van der Waals surface area (Å²) in [7, 11) is 0. The number of carbonyl (C=O) groups excluding carboxylic acids is 1. The third kappa shape index (κ3) is 5.67. The van der Waals surface area contributed by atoms with E-state index < -0.39 is 0 Å². The van der Waals surface area contributed by atoms with Crippen LogP contribution in [0.25, 0.3) is 6.08 Å². The van der Waals surface area contributed by atoms with Crippen molar-refractivity contribution < 1.29 is 4.79 Å². The fourth-order valence-corrected chi connectivity index (χ4v) is 2.26. The molecule has 118 valence electrons. The lowest BCUT2D eigenvalue weighted by molar-refractivity contribution is -0.115. The summed E-state index contributed by atoms with van der Waals surface area (Å²) in [6.07, 6.45) is 3.14. The molecule has 3 nitrogen and oxygen atoms in total. The SMILES string of the molecule is Cc1ccc(/C=C/C(=O)NC(=S)Nc2ccc(Cl)c(Cl)c2)cc1. The van der Waals surface area contributed by atoms with E-state index in [1.165, 1.54) is 11.6 Å². The number of benzene rings is 2. The van der Waals surface area contributed by atoms with Crippen molar-refractivity contribution in [2.45, 2.75) is 6.92 Å². The lowest BCUT2D eigenvalue weighted by atomic mass is 10.1. The fourth-order valence-electron chi connectivity index (χ4n) is 1.74. The molecule has 0 saturated carbocycles. The number of anilines is 1. The van der Waals surface area contributed by atoms with Crippen LogP contribution in [0.1, 0.15) is 11.1 Å². The van der Waals surface area contributed by atoms with Gasteiger partial charge in [-0.2, -0.15) is 0 Å². The maximum Gasteiger partial charge on any atom is 0.250 e. The summed E-state index contributed by atoms with van der Waals surface area (Å²) in [6, 6.07) is 12.8. The Morgan fingerprint density at radius 3 is 2.43 bits per heavy atom. The average Bonchev–Trinajstić information content (AvgIpc) is 2.50. The molecular weight excluding hydrogens is 351 g/mol. The normalized spacial score (nSPS) is 10.6. The minimum Gasteiger partial charge on any atom is -0.332 e. The molecular formula is C17H14Cl2N2OS. The molecule has 0 bridgehead atoms. The van der Waals surface area contributed by atoms with Crippen molar-refractivity contribution in [3.63, 3.8) is 0 Å². The van der Waals surface area contributed by atoms with E-state index in [4.69, 9.17) is 35.4 Å². The first-order chi connectivity index (χ1) is 10.9. The molecule has 0 atom stereocenters. The quantitative estimate of drug-likeness (QED) is 0.605. The molecule has 0 radical (unpaired) electrons. The fraction of sp³-hybridized carbons (Fsp3) is 0.0588. The molecule has 2 aromatic carbocycles. The second-order valence-electron chi connectivity index (χ2n) is 4.82. The van der Waals surface area contributed by atoms with Gasteiger partial charge in [0, 0.05) is 11.8 Å². The lowest BCUT2D eigenvalue weighted by Crippen LogP contribution is -2.32. The van der Waals surface area contributed by atoms with Gasteiger partial charge in [0.25, 0.3) is 0 Å². The number of nitrogens with one attached hydrogen (secondary N) is 2. The van der Waals surface area contributed by atoms with E-state index in [2.05, 4.69) is 10.6 Å². The zero-order chi connectivity index (χ0) is 16.8. The van der Waals surface area contributed by atoms with Gasteiger partial charge in [0.05, 0.1) is 10.0 Å². The second-order valence-corrected chi connectivity index (χ2v) is 6.04. The van der Waals surface area contributed by atoms with Crippen molar-refractivity contribution in [3.8, 4) is 0 Å². The Labute approximate surface area is 150 Å². The number of halogens is 2. The number of carbonyl (C=O) groups is 1. The van der Waals surface area contributed by atoms with E-state index in [-0.39, 0.29) is 11.0 Å². The monoisotopic (exact) mass is 364 g/mol. The summed E-state index contributed by atoms with van der Waals surface area (Å²) < 4.78 is 0. The standard InChI is InChI=1S/C17H14Cl2N2OS/c1-11-2-4-12(5-3-11)6-9-16(22)21-17(23)20-13-7-8-14(18)15(19)10-13/h2-10H,1H3,(H2,20,21,22,23)/b9-6+. The molecule has 0 unspecified atom stereocenters. The lowest BCUT2D eigenvalue weighted by Gasteiger charge is -2.08. The number of hydrogen-bond donors (Lipinski definition) is 2. The van der Waals surface area contributed by atoms with Crippen LogP contribution in [0.15, 0.2) is 48.5 Å². The summed E-state index contributed by atoms with van der Waals surface area (Å²) in [5.74, 6) is -0.317. The van der Waals surface area contributed by atoms with Crippen LogP contribution in [-0.4, -0.2) is 11.0 Å². The molecule has 2 rings (SSSR count). The maximum absolute atomic E-state index is 11.8. The molecule has 0 aliphatic carbocycles. The highest BCUT2D eigenvalue weighted by atomic mass is 35.5. The van der Waals surface area contributed by atoms with Gasteiger partial charge in [-0.05, 0) is 49.0 Å². The number of thiocarbonyl (C=S) groups is 1. The third-order valence-electron chi connectivity index (χ3n) is 2.92. The van der Waals surface area contributed by atoms with Crippen molar-refractivity contribution in [2.75, 3.05) is 5.32 Å². The number of hydrogen-bond acceptors (Lipinski definition) is 2. The first kappa shape index (κ1) is 17.5. The third-order valence-corrected chi connectivity index (χ3v) is 3.86. The van der Waals surface area contributed by atoms with Crippen molar-refractivity contribution >= 4 is 58.2 Å². The van der Waals surface area contributed by atoms with Gasteiger partial charge in [0.2, 0.25) is 5.91 Å². The minimum atomic E-state index is -0.317. The Kier molecular flexibility index (Phi) is 6.16. The smallest absolute Gasteiger partial charge is 0.250 e. The van der Waals surface area contributed by atoms with Crippen LogP contribution >= 0.6 is 35.4 Å². The Bertz CT molecular complexity index is 758. The van der Waals surface area contributed by atoms with Crippen molar-refractivity contribution in [1.82, 2.24) is 5.32 Å². The molecule has 0 aliphatic rings. The van der Waals surface area contributed by atoms with Gasteiger partial charge in [-0.1, -0.05) is 53.0 Å². The van der Waals surface area contributed by atoms with Gasteiger partial charge in [0.15, 0.2) is 5.11 Å². The highest BCUT2D eigenvalue weighted by Crippen LogP contribution is 2.24. The van der Waals surface area contributed by atoms with E-state index in [1.807, 2.05) is 31.2 Å². The van der Waals surface area contributed by atoms with Crippen LogP contribution in [0.5, 0.6) is 0 Å². The molecule has 2 aromatic rings. The zero-order valence-corrected chi connectivity index (χ0v) is 14.6. The van der Waals surface area contributed by atoms with E-state index in [0.717, 1.165) is 5.56 Å². The van der Waals surface area contributed by atoms with E-state index in [0.29, 0.717) is 15.7 Å². The first-order valence-corrected chi connectivity index (χ1v) is 7.92. The van der Waals surface area contributed by atoms with Crippen LogP contribution in [0.2, 0.25) is 10.0 Å². The highest BCUT2D eigenvalue weighted by molar-refractivity contribution is 7.80. The van der Waals surface area contributed by atoms with E-state index in [9.17, 15) is 4.79 Å². The molecule has 0 fully saturated rings. The molecule has 0 spiro atoms. The van der Waals surface area contributed by atoms with Crippen LogP contribution in [-0.2, 0) is 4.79 Å². The van der Waals surface area contributed by atoms with Gasteiger partial charge in [0.1, 0.15) is 0 Å². The Morgan fingerprint density at radius 2 is 1.78 bits per heavy atom. The molecule has 23 heavy (non-hydrogen) atoms. The molecule has 2 N–H and O–H groups in total. The highest BCUT2D eigenvalue weighted by Gasteiger charge is 2.04. The number of amides is 1. The molecule has 6 heteroatoms. The largest absolute Gasteiger partial charge is 0.332 e. The molecule has 0 aliphatic heterocycles. The summed E-state index contributed by atoms with van der Waals surface area (Å²) in [6.45, 7) is 2.01. The van der Waals surface area contributed by atoms with Gasteiger partial charge in [-0.15, -0.1) is 0 Å². The Morgan fingerprint density at radius 1 is 1.09 bits per heavy atom. The predicted molar refractivity (Wildman–Crippen MR) is 101 cm³/mol. The Hall–Kier alpha value is -1.88. The minimum absolute atomic E-state index is 0.182. The maximum atomic E-state index is 11.8. The molecule has 0 heterocycles. The van der Waals surface area contributed by atoms with Crippen LogP contribution < -0.4 is 10.6 Å². The topological polar surface area (TPSA) is 41.1 Å². The summed E-state index contributed by atoms with van der Waals surface area (Å²) in [5, 5.41) is 6.47. The summed E-state index contributed by atoms with van der Waals surface area (Å²) in [4.78, 5) is 11.8. The Balaban J connectivity index is 1.90. The molecule has 1 amide bonds. The van der Waals surface area contributed by atoms with Gasteiger partial charge >= 0.3 is 0 Å². The van der Waals surface area contributed by atoms with E-state index in [1.54, 1.807) is 24.3 Å². The van der Waals surface area contributed by atoms with Gasteiger partial charge in [-0.3, -0.25) is 10.1 Å². The van der Waals surface area contributed by atoms with Gasteiger partial charge < -0.3 is 5.32 Å². The average molecular weight is 365 g/mol. The second kappa shape index (κ2) is 8.11. The van der Waals surface area contributed by atoms with Crippen LogP contribution in [0, 0.1) is 6.92 Å². The van der Waals surface area contributed by atoms with Crippen LogP contribution in [0.3, 0.4) is 0 Å². The van der Waals surface area contributed by atoms with Crippen LogP contribution in [0.4, 0.5) is 5.69 Å². The zero-order valence-electron chi connectivity index (χ0n) is 12.3. The number of aryl methyl sites for hydroxylation is 1. The van der Waals surface area contributed by atoms with Crippen molar-refractivity contribution in [3.05, 3.63) is 69.7 Å². The van der Waals surface area contributed by atoms with Gasteiger partial charge in [-0.25, -0.2) is 0 Å². The number of rotatable bonds is 3. The first-order valence-electron chi connectivity index (χ1n) is 6.76.